The van der Waals surface area contributed by atoms with Crippen molar-refractivity contribution in [3.05, 3.63) is 30.1 Å². The van der Waals surface area contributed by atoms with Gasteiger partial charge in [0.15, 0.2) is 0 Å². The molecule has 0 saturated carbocycles. The molecule has 86 valence electrons. The van der Waals surface area contributed by atoms with Gasteiger partial charge in [-0.1, -0.05) is 19.9 Å². The van der Waals surface area contributed by atoms with Crippen molar-refractivity contribution in [1.29, 1.82) is 0 Å². The molecular weight excluding hydrogens is 202 g/mol. The van der Waals surface area contributed by atoms with Crippen LogP contribution in [0.2, 0.25) is 0 Å². The zero-order valence-electron chi connectivity index (χ0n) is 9.77. The molecule has 3 heteroatoms. The van der Waals surface area contributed by atoms with Gasteiger partial charge in [-0.2, -0.15) is 0 Å². The molecule has 3 nitrogen and oxygen atoms in total. The second kappa shape index (κ2) is 6.16. The van der Waals surface area contributed by atoms with Crippen molar-refractivity contribution in [2.24, 2.45) is 5.92 Å². The number of ketones is 2. The molecule has 0 aromatic carbocycles. The number of nitrogens with zero attached hydrogens (tertiary/aromatic N) is 1. The van der Waals surface area contributed by atoms with Crippen LogP contribution in [0.5, 0.6) is 0 Å². The van der Waals surface area contributed by atoms with Gasteiger partial charge in [0.1, 0.15) is 11.6 Å². The zero-order valence-corrected chi connectivity index (χ0v) is 9.77. The Balaban J connectivity index is 2.34. The van der Waals surface area contributed by atoms with Crippen LogP contribution in [0.4, 0.5) is 0 Å². The van der Waals surface area contributed by atoms with Crippen LogP contribution in [0, 0.1) is 5.92 Å². The highest BCUT2D eigenvalue weighted by atomic mass is 16.1. The second-order valence-electron chi connectivity index (χ2n) is 4.20. The molecule has 0 atom stereocenters. The van der Waals surface area contributed by atoms with Crippen molar-refractivity contribution in [2.45, 2.75) is 33.1 Å². The Kier molecular flexibility index (Phi) is 4.83. The van der Waals surface area contributed by atoms with Crippen LogP contribution < -0.4 is 0 Å². The fourth-order valence-electron chi connectivity index (χ4n) is 1.32. The zero-order chi connectivity index (χ0) is 12.0. The molecule has 0 bridgehead atoms. The van der Waals surface area contributed by atoms with E-state index < -0.39 is 0 Å². The number of pyridine rings is 1. The summed E-state index contributed by atoms with van der Waals surface area (Å²) >= 11 is 0. The van der Waals surface area contributed by atoms with Gasteiger partial charge in [-0.15, -0.1) is 0 Å². The van der Waals surface area contributed by atoms with Crippen LogP contribution in [0.3, 0.4) is 0 Å². The van der Waals surface area contributed by atoms with E-state index in [1.54, 1.807) is 12.4 Å². The Morgan fingerprint density at radius 1 is 1.38 bits per heavy atom. The molecule has 1 heterocycles. The predicted molar refractivity (Wildman–Crippen MR) is 62.0 cm³/mol. The van der Waals surface area contributed by atoms with E-state index in [4.69, 9.17) is 0 Å². The van der Waals surface area contributed by atoms with Gasteiger partial charge in [0, 0.05) is 24.7 Å². The lowest BCUT2D eigenvalue weighted by atomic mass is 10.0. The van der Waals surface area contributed by atoms with Gasteiger partial charge in [-0.3, -0.25) is 14.6 Å². The minimum absolute atomic E-state index is 0.0163. The van der Waals surface area contributed by atoms with E-state index in [0.717, 1.165) is 5.56 Å². The van der Waals surface area contributed by atoms with Gasteiger partial charge in [-0.25, -0.2) is 0 Å². The standard InChI is InChI=1S/C13H17NO2/c1-10(2)13(16)8-12(15)6-5-11-4-3-7-14-9-11/h3-4,7,9-10H,5-6,8H2,1-2H3. The summed E-state index contributed by atoms with van der Waals surface area (Å²) in [7, 11) is 0. The van der Waals surface area contributed by atoms with Crippen LogP contribution >= 0.6 is 0 Å². The molecule has 0 fully saturated rings. The largest absolute Gasteiger partial charge is 0.299 e. The van der Waals surface area contributed by atoms with Gasteiger partial charge < -0.3 is 0 Å². The van der Waals surface area contributed by atoms with Crippen molar-refractivity contribution < 1.29 is 9.59 Å². The number of hydrogen-bond acceptors (Lipinski definition) is 3. The summed E-state index contributed by atoms with van der Waals surface area (Å²) in [6.45, 7) is 3.63. The molecular formula is C13H17NO2. The van der Waals surface area contributed by atoms with Crippen molar-refractivity contribution in [3.8, 4) is 0 Å². The number of hydrogen-bond donors (Lipinski definition) is 0. The molecule has 0 aliphatic rings. The Hall–Kier alpha value is -1.51. The van der Waals surface area contributed by atoms with Crippen LogP contribution in [0.15, 0.2) is 24.5 Å². The molecule has 1 rings (SSSR count). The smallest absolute Gasteiger partial charge is 0.142 e. The molecule has 1 aromatic rings. The summed E-state index contributed by atoms with van der Waals surface area (Å²) in [6, 6.07) is 3.78. The van der Waals surface area contributed by atoms with E-state index in [9.17, 15) is 9.59 Å². The maximum Gasteiger partial charge on any atom is 0.142 e. The molecule has 0 spiro atoms. The number of aryl methyl sites for hydroxylation is 1. The Morgan fingerprint density at radius 2 is 2.12 bits per heavy atom. The molecule has 0 unspecified atom stereocenters. The highest BCUT2D eigenvalue weighted by Gasteiger charge is 2.12. The predicted octanol–water partition coefficient (Wildman–Crippen LogP) is 2.20. The van der Waals surface area contributed by atoms with E-state index in [1.165, 1.54) is 0 Å². The molecule has 0 aliphatic carbocycles. The molecule has 0 saturated heterocycles. The third-order valence-electron chi connectivity index (χ3n) is 2.43. The Labute approximate surface area is 95.9 Å². The van der Waals surface area contributed by atoms with Crippen LogP contribution in [0.25, 0.3) is 0 Å². The monoisotopic (exact) mass is 219 g/mol. The van der Waals surface area contributed by atoms with E-state index in [1.807, 2.05) is 26.0 Å². The van der Waals surface area contributed by atoms with Gasteiger partial charge >= 0.3 is 0 Å². The van der Waals surface area contributed by atoms with Crippen molar-refractivity contribution >= 4 is 11.6 Å². The number of carbonyl (C=O) groups is 2. The average molecular weight is 219 g/mol. The van der Waals surface area contributed by atoms with Gasteiger partial charge in [-0.05, 0) is 18.1 Å². The normalized spacial score (nSPS) is 10.4. The maximum absolute atomic E-state index is 11.5. The first kappa shape index (κ1) is 12.6. The molecule has 0 aliphatic heterocycles. The first-order valence-corrected chi connectivity index (χ1v) is 5.53. The third kappa shape index (κ3) is 4.34. The fraction of sp³-hybridized carbons (Fsp3) is 0.462. The fourth-order valence-corrected chi connectivity index (χ4v) is 1.32. The topological polar surface area (TPSA) is 47.0 Å². The Bertz CT molecular complexity index is 357. The summed E-state index contributed by atoms with van der Waals surface area (Å²) in [5.41, 5.74) is 1.04. The first-order valence-electron chi connectivity index (χ1n) is 5.53. The SMILES string of the molecule is CC(C)C(=O)CC(=O)CCc1cccnc1. The van der Waals surface area contributed by atoms with E-state index in [0.29, 0.717) is 12.8 Å². The number of Topliss-reactive ketones (excluding diaryl/α,β-unsaturated/α-hetero) is 2. The summed E-state index contributed by atoms with van der Waals surface area (Å²) < 4.78 is 0. The lowest BCUT2D eigenvalue weighted by Gasteiger charge is -2.03. The number of rotatable bonds is 6. The average Bonchev–Trinajstić information content (AvgIpc) is 2.27. The molecule has 1 aromatic heterocycles. The molecule has 16 heavy (non-hydrogen) atoms. The quantitative estimate of drug-likeness (QED) is 0.689. The summed E-state index contributed by atoms with van der Waals surface area (Å²) in [4.78, 5) is 26.8. The molecule has 0 radical (unpaired) electrons. The van der Waals surface area contributed by atoms with Crippen LogP contribution in [-0.4, -0.2) is 16.6 Å². The van der Waals surface area contributed by atoms with Gasteiger partial charge in [0.05, 0.1) is 6.42 Å². The van der Waals surface area contributed by atoms with Crippen LogP contribution in [0.1, 0.15) is 32.3 Å². The summed E-state index contributed by atoms with van der Waals surface area (Å²) in [6.07, 6.45) is 4.60. The van der Waals surface area contributed by atoms with Crippen LogP contribution in [-0.2, 0) is 16.0 Å². The van der Waals surface area contributed by atoms with Crippen molar-refractivity contribution in [3.63, 3.8) is 0 Å². The number of carbonyl (C=O) groups excluding carboxylic acids is 2. The third-order valence-corrected chi connectivity index (χ3v) is 2.43. The highest BCUT2D eigenvalue weighted by Crippen LogP contribution is 2.05. The second-order valence-corrected chi connectivity index (χ2v) is 4.20. The summed E-state index contributed by atoms with van der Waals surface area (Å²) in [5.74, 6) is -0.0129. The first-order chi connectivity index (χ1) is 7.59. The highest BCUT2D eigenvalue weighted by molar-refractivity contribution is 5.99. The van der Waals surface area contributed by atoms with Gasteiger partial charge in [0.25, 0.3) is 0 Å². The lowest BCUT2D eigenvalue weighted by molar-refractivity contribution is -0.128. The van der Waals surface area contributed by atoms with Crippen molar-refractivity contribution in [2.75, 3.05) is 0 Å². The molecule has 0 amide bonds. The van der Waals surface area contributed by atoms with E-state index >= 15 is 0 Å². The summed E-state index contributed by atoms with van der Waals surface area (Å²) in [5, 5.41) is 0. The van der Waals surface area contributed by atoms with Gasteiger partial charge in [0.2, 0.25) is 0 Å². The Morgan fingerprint density at radius 3 is 2.69 bits per heavy atom. The molecule has 0 N–H and O–H groups in total. The van der Waals surface area contributed by atoms with Crippen molar-refractivity contribution in [1.82, 2.24) is 4.98 Å². The minimum Gasteiger partial charge on any atom is -0.299 e. The number of aromatic nitrogens is 1. The maximum atomic E-state index is 11.5. The van der Waals surface area contributed by atoms with E-state index in [-0.39, 0.29) is 23.9 Å². The van der Waals surface area contributed by atoms with E-state index in [2.05, 4.69) is 4.98 Å². The lowest BCUT2D eigenvalue weighted by Crippen LogP contribution is -2.13. The minimum atomic E-state index is -0.0534.